The third-order valence-corrected chi connectivity index (χ3v) is 6.44. The average Bonchev–Trinajstić information content (AvgIpc) is 3.12. The largest absolute Gasteiger partial charge is 0.417 e. The Balaban J connectivity index is 1.44. The highest BCUT2D eigenvalue weighted by molar-refractivity contribution is 9.10. The second-order valence-electron chi connectivity index (χ2n) is 7.92. The highest BCUT2D eigenvalue weighted by Gasteiger charge is 2.40. The number of hydrogen-bond acceptors (Lipinski definition) is 5. The molecule has 2 aliphatic rings. The van der Waals surface area contributed by atoms with Crippen LogP contribution in [0.5, 0.6) is 0 Å². The molecule has 3 aromatic rings. The van der Waals surface area contributed by atoms with Crippen LogP contribution in [0.3, 0.4) is 0 Å². The molecule has 1 fully saturated rings. The molecule has 0 radical (unpaired) electrons. The summed E-state index contributed by atoms with van der Waals surface area (Å²) >= 11 is 3.56. The standard InChI is InChI=1S/C23H17BrF3N5O2/c24-18-9-16(3-4-20(18)30-7-1-2-14-10-28-6-5-19(14)30)32-21(33)13-31(22(32)34)17-8-15(11-29-12-17)23(25,26)27/h3-6,8-12H,1-2,7,13H2. The lowest BCUT2D eigenvalue weighted by Crippen LogP contribution is -2.33. The van der Waals surface area contributed by atoms with Crippen LogP contribution >= 0.6 is 15.9 Å². The van der Waals surface area contributed by atoms with Gasteiger partial charge in [-0.3, -0.25) is 19.7 Å². The summed E-state index contributed by atoms with van der Waals surface area (Å²) in [7, 11) is 0. The van der Waals surface area contributed by atoms with E-state index in [4.69, 9.17) is 0 Å². The number of nitrogens with zero attached hydrogens (tertiary/aromatic N) is 5. The molecule has 5 rings (SSSR count). The van der Waals surface area contributed by atoms with E-state index < -0.39 is 23.7 Å². The molecule has 0 spiro atoms. The van der Waals surface area contributed by atoms with Crippen molar-refractivity contribution in [2.75, 3.05) is 27.8 Å². The smallest absolute Gasteiger partial charge is 0.340 e. The Morgan fingerprint density at radius 3 is 2.50 bits per heavy atom. The number of carbonyl (C=O) groups is 2. The van der Waals surface area contributed by atoms with E-state index in [1.165, 1.54) is 0 Å². The zero-order valence-electron chi connectivity index (χ0n) is 17.6. The van der Waals surface area contributed by atoms with Crippen molar-refractivity contribution in [3.63, 3.8) is 0 Å². The summed E-state index contributed by atoms with van der Waals surface area (Å²) in [6.07, 6.45) is 2.67. The van der Waals surface area contributed by atoms with Gasteiger partial charge in [0, 0.05) is 35.3 Å². The molecule has 0 atom stereocenters. The van der Waals surface area contributed by atoms with E-state index in [2.05, 4.69) is 30.8 Å². The van der Waals surface area contributed by atoms with Gasteiger partial charge in [-0.15, -0.1) is 0 Å². The number of fused-ring (bicyclic) bond motifs is 1. The Labute approximate surface area is 200 Å². The maximum absolute atomic E-state index is 13.1. The Kier molecular flexibility index (Phi) is 5.51. The predicted octanol–water partition coefficient (Wildman–Crippen LogP) is 5.32. The fourth-order valence-corrected chi connectivity index (χ4v) is 4.80. The molecule has 0 N–H and O–H groups in total. The van der Waals surface area contributed by atoms with Gasteiger partial charge in [-0.25, -0.2) is 9.69 Å². The number of alkyl halides is 3. The van der Waals surface area contributed by atoms with Crippen molar-refractivity contribution in [3.8, 4) is 0 Å². The van der Waals surface area contributed by atoms with E-state index in [1.54, 1.807) is 18.3 Å². The van der Waals surface area contributed by atoms with Crippen molar-refractivity contribution in [2.24, 2.45) is 0 Å². The summed E-state index contributed by atoms with van der Waals surface area (Å²) in [5.41, 5.74) is 2.29. The monoisotopic (exact) mass is 531 g/mol. The molecule has 0 aliphatic carbocycles. The third-order valence-electron chi connectivity index (χ3n) is 5.80. The first-order valence-corrected chi connectivity index (χ1v) is 11.2. The van der Waals surface area contributed by atoms with Crippen LogP contribution < -0.4 is 14.7 Å². The van der Waals surface area contributed by atoms with Gasteiger partial charge in [0.2, 0.25) is 0 Å². The van der Waals surface area contributed by atoms with Crippen LogP contribution in [-0.4, -0.2) is 35.0 Å². The van der Waals surface area contributed by atoms with Crippen molar-refractivity contribution in [1.82, 2.24) is 9.97 Å². The van der Waals surface area contributed by atoms with Gasteiger partial charge in [0.15, 0.2) is 0 Å². The van der Waals surface area contributed by atoms with E-state index in [9.17, 15) is 22.8 Å². The number of pyridine rings is 2. The topological polar surface area (TPSA) is 69.6 Å². The number of benzene rings is 1. The average molecular weight is 532 g/mol. The van der Waals surface area contributed by atoms with Crippen molar-refractivity contribution < 1.29 is 22.8 Å². The predicted molar refractivity (Wildman–Crippen MR) is 123 cm³/mol. The molecular weight excluding hydrogens is 515 g/mol. The second kappa shape index (κ2) is 8.39. The maximum atomic E-state index is 13.1. The molecule has 34 heavy (non-hydrogen) atoms. The molecule has 7 nitrogen and oxygen atoms in total. The van der Waals surface area contributed by atoms with Crippen molar-refractivity contribution in [2.45, 2.75) is 19.0 Å². The molecule has 4 heterocycles. The molecule has 2 aromatic heterocycles. The highest BCUT2D eigenvalue weighted by atomic mass is 79.9. The molecule has 1 aromatic carbocycles. The Morgan fingerprint density at radius 2 is 1.74 bits per heavy atom. The van der Waals surface area contributed by atoms with Gasteiger partial charge in [-0.2, -0.15) is 13.2 Å². The fourth-order valence-electron chi connectivity index (χ4n) is 4.22. The molecule has 11 heteroatoms. The van der Waals surface area contributed by atoms with Crippen LogP contribution in [0.4, 0.5) is 40.7 Å². The van der Waals surface area contributed by atoms with Gasteiger partial charge >= 0.3 is 12.2 Å². The molecule has 0 bridgehead atoms. The summed E-state index contributed by atoms with van der Waals surface area (Å²) in [5, 5.41) is 0. The van der Waals surface area contributed by atoms with Crippen molar-refractivity contribution in [1.29, 1.82) is 0 Å². The molecule has 3 amide bonds. The lowest BCUT2D eigenvalue weighted by atomic mass is 10.0. The number of amides is 3. The molecule has 0 unspecified atom stereocenters. The first kappa shape index (κ1) is 22.3. The Hall–Kier alpha value is -3.47. The van der Waals surface area contributed by atoms with Crippen molar-refractivity contribution in [3.05, 3.63) is 70.7 Å². The van der Waals surface area contributed by atoms with Gasteiger partial charge in [0.25, 0.3) is 5.91 Å². The summed E-state index contributed by atoms with van der Waals surface area (Å²) in [4.78, 5) is 37.6. The van der Waals surface area contributed by atoms with E-state index in [0.717, 1.165) is 58.4 Å². The number of imide groups is 1. The summed E-state index contributed by atoms with van der Waals surface area (Å²) in [6.45, 7) is 0.417. The molecule has 1 saturated heterocycles. The maximum Gasteiger partial charge on any atom is 0.417 e. The van der Waals surface area contributed by atoms with Gasteiger partial charge in [-0.05, 0) is 64.7 Å². The van der Waals surface area contributed by atoms with Gasteiger partial charge in [0.05, 0.1) is 28.8 Å². The number of anilines is 4. The summed E-state index contributed by atoms with van der Waals surface area (Å²) < 4.78 is 39.9. The molecule has 174 valence electrons. The van der Waals surface area contributed by atoms with E-state index in [1.807, 2.05) is 18.3 Å². The molecule has 0 saturated carbocycles. The zero-order chi connectivity index (χ0) is 24.0. The van der Waals surface area contributed by atoms with E-state index >= 15 is 0 Å². The number of aryl methyl sites for hydroxylation is 1. The van der Waals surface area contributed by atoms with Gasteiger partial charge in [0.1, 0.15) is 6.54 Å². The normalized spacial score (nSPS) is 16.3. The fraction of sp³-hybridized carbons (Fsp3) is 0.217. The van der Waals surface area contributed by atoms with Gasteiger partial charge < -0.3 is 4.90 Å². The van der Waals surface area contributed by atoms with E-state index in [-0.39, 0.29) is 12.2 Å². The van der Waals surface area contributed by atoms with E-state index in [0.29, 0.717) is 16.4 Å². The van der Waals surface area contributed by atoms with Crippen LogP contribution in [0.1, 0.15) is 17.5 Å². The van der Waals surface area contributed by atoms with Crippen LogP contribution in [-0.2, 0) is 17.4 Å². The van der Waals surface area contributed by atoms with Crippen LogP contribution in [0.15, 0.2) is 59.6 Å². The van der Waals surface area contributed by atoms with Crippen LogP contribution in [0.25, 0.3) is 0 Å². The third kappa shape index (κ3) is 3.89. The van der Waals surface area contributed by atoms with Gasteiger partial charge in [-0.1, -0.05) is 0 Å². The molecular formula is C23H17BrF3N5O2. The van der Waals surface area contributed by atoms with Crippen LogP contribution in [0.2, 0.25) is 0 Å². The zero-order valence-corrected chi connectivity index (χ0v) is 19.2. The van der Waals surface area contributed by atoms with Crippen LogP contribution in [0, 0.1) is 0 Å². The van der Waals surface area contributed by atoms with Crippen molar-refractivity contribution >= 4 is 50.6 Å². The second-order valence-corrected chi connectivity index (χ2v) is 8.78. The summed E-state index contributed by atoms with van der Waals surface area (Å²) in [6, 6.07) is 7.14. The number of hydrogen-bond donors (Lipinski definition) is 0. The SMILES string of the molecule is O=C1CN(c2cncc(C(F)(F)F)c2)C(=O)N1c1ccc(N2CCCc3cnccc32)c(Br)c1. The number of halogens is 4. The highest BCUT2D eigenvalue weighted by Crippen LogP contribution is 2.39. The minimum absolute atomic E-state index is 0.0927. The molecule has 2 aliphatic heterocycles. The Bertz CT molecular complexity index is 1300. The minimum Gasteiger partial charge on any atom is -0.340 e. The lowest BCUT2D eigenvalue weighted by Gasteiger charge is -2.32. The minimum atomic E-state index is -4.61. The number of rotatable bonds is 3. The first-order valence-electron chi connectivity index (χ1n) is 10.4. The Morgan fingerprint density at radius 1 is 0.912 bits per heavy atom. The first-order chi connectivity index (χ1) is 16.2. The lowest BCUT2D eigenvalue weighted by molar-refractivity contribution is -0.137. The quantitative estimate of drug-likeness (QED) is 0.428. The summed E-state index contributed by atoms with van der Waals surface area (Å²) in [5.74, 6) is -0.545. The number of aromatic nitrogens is 2. The number of carbonyl (C=O) groups excluding carboxylic acids is 2. The number of urea groups is 1.